The van der Waals surface area contributed by atoms with Gasteiger partial charge in [0.2, 0.25) is 0 Å². The molecule has 0 aromatic rings. The summed E-state index contributed by atoms with van der Waals surface area (Å²) < 4.78 is 12.2. The maximum absolute atomic E-state index is 11.7. The molecule has 0 aromatic carbocycles. The highest BCUT2D eigenvalue weighted by molar-refractivity contribution is 6.54. The number of allylic oxidation sites excluding steroid dienone is 1. The van der Waals surface area contributed by atoms with Gasteiger partial charge in [-0.2, -0.15) is 0 Å². The Morgan fingerprint density at radius 1 is 1.26 bits per heavy atom. The molecule has 1 unspecified atom stereocenters. The molecule has 1 atom stereocenters. The van der Waals surface area contributed by atoms with Gasteiger partial charge in [-0.3, -0.25) is 4.90 Å². The lowest BCUT2D eigenvalue weighted by molar-refractivity contribution is 0.00578. The van der Waals surface area contributed by atoms with Crippen molar-refractivity contribution in [2.45, 2.75) is 90.5 Å². The summed E-state index contributed by atoms with van der Waals surface area (Å²) in [6.45, 7) is 13.9. The molecule has 0 radical (unpaired) electrons. The Labute approximate surface area is 140 Å². The molecule has 0 saturated carbocycles. The molecular weight excluding hydrogens is 293 g/mol. The minimum Gasteiger partial charge on any atom is -0.465 e. The van der Waals surface area contributed by atoms with Crippen molar-refractivity contribution in [2.24, 2.45) is 0 Å². The Balaban J connectivity index is 2.25. The summed E-state index contributed by atoms with van der Waals surface area (Å²) in [7, 11) is -0.376. The Hall–Kier alpha value is -1.01. The van der Waals surface area contributed by atoms with Crippen LogP contribution in [0.2, 0.25) is 0 Å². The van der Waals surface area contributed by atoms with E-state index >= 15 is 0 Å². The van der Waals surface area contributed by atoms with Crippen LogP contribution in [0, 0.1) is 0 Å². The van der Waals surface area contributed by atoms with Gasteiger partial charge in [0.1, 0.15) is 0 Å². The first kappa shape index (κ1) is 18.3. The molecule has 0 bridgehead atoms. The van der Waals surface area contributed by atoms with Gasteiger partial charge in [-0.15, -0.1) is 0 Å². The van der Waals surface area contributed by atoms with Crippen molar-refractivity contribution in [2.75, 3.05) is 0 Å². The fourth-order valence-electron chi connectivity index (χ4n) is 3.25. The van der Waals surface area contributed by atoms with Crippen molar-refractivity contribution in [1.82, 2.24) is 4.90 Å². The molecule has 1 heterocycles. The highest BCUT2D eigenvalue weighted by atomic mass is 16.7. The van der Waals surface area contributed by atoms with E-state index in [4.69, 9.17) is 9.31 Å². The molecule has 0 spiro atoms. The summed E-state index contributed by atoms with van der Waals surface area (Å²) in [5.74, 6) is 0. The number of hydrogen-bond acceptors (Lipinski definition) is 3. The summed E-state index contributed by atoms with van der Waals surface area (Å²) in [6, 6.07) is -0.129. The highest BCUT2D eigenvalue weighted by Gasteiger charge is 2.52. The Morgan fingerprint density at radius 2 is 1.78 bits per heavy atom. The zero-order valence-corrected chi connectivity index (χ0v) is 15.5. The molecule has 5 nitrogen and oxygen atoms in total. The number of carbonyl (C=O) groups is 1. The van der Waals surface area contributed by atoms with Crippen LogP contribution in [0.1, 0.15) is 67.7 Å². The Bertz CT molecular complexity index is 491. The molecule has 6 heteroatoms. The first-order valence-corrected chi connectivity index (χ1v) is 8.44. The van der Waals surface area contributed by atoms with Gasteiger partial charge in [0.05, 0.1) is 17.2 Å². The lowest BCUT2D eigenvalue weighted by Crippen LogP contribution is -2.51. The predicted octanol–water partition coefficient (Wildman–Crippen LogP) is 3.88. The van der Waals surface area contributed by atoms with Crippen LogP contribution in [-0.2, 0) is 9.31 Å². The van der Waals surface area contributed by atoms with Crippen LogP contribution < -0.4 is 0 Å². The summed E-state index contributed by atoms with van der Waals surface area (Å²) in [6.07, 6.45) is 3.84. The van der Waals surface area contributed by atoms with Gasteiger partial charge >= 0.3 is 13.2 Å². The normalized spacial score (nSPS) is 26.8. The van der Waals surface area contributed by atoms with Gasteiger partial charge < -0.3 is 14.4 Å². The molecule has 23 heavy (non-hydrogen) atoms. The van der Waals surface area contributed by atoms with E-state index in [1.165, 1.54) is 4.90 Å². The minimum atomic E-state index is -0.881. The van der Waals surface area contributed by atoms with Crippen LogP contribution in [0.5, 0.6) is 0 Å². The van der Waals surface area contributed by atoms with Crippen molar-refractivity contribution in [3.8, 4) is 0 Å². The maximum atomic E-state index is 11.7. The zero-order chi connectivity index (χ0) is 17.6. The number of hydrogen-bond donors (Lipinski definition) is 1. The summed E-state index contributed by atoms with van der Waals surface area (Å²) in [5.41, 5.74) is -0.120. The zero-order valence-electron chi connectivity index (χ0n) is 15.5. The van der Waals surface area contributed by atoms with Crippen molar-refractivity contribution in [3.63, 3.8) is 0 Å². The summed E-state index contributed by atoms with van der Waals surface area (Å²) in [4.78, 5) is 13.3. The number of nitrogens with zero attached hydrogens (tertiary/aromatic N) is 1. The van der Waals surface area contributed by atoms with Crippen LogP contribution in [0.4, 0.5) is 4.79 Å². The third-order valence-electron chi connectivity index (χ3n) is 5.19. The SMILES string of the molecule is CC(C)(C)N(C(=O)O)C1C=C(B2OC(C)(C)C(C)(C)O2)CCC1. The molecule has 1 amide bonds. The van der Waals surface area contributed by atoms with Crippen molar-refractivity contribution in [1.29, 1.82) is 0 Å². The molecule has 1 aliphatic heterocycles. The number of amides is 1. The van der Waals surface area contributed by atoms with E-state index < -0.39 is 11.6 Å². The predicted molar refractivity (Wildman–Crippen MR) is 91.4 cm³/mol. The van der Waals surface area contributed by atoms with E-state index in [1.807, 2.05) is 54.5 Å². The molecule has 0 aromatic heterocycles. The Kier molecular flexibility index (Phi) is 4.64. The monoisotopic (exact) mass is 323 g/mol. The average molecular weight is 323 g/mol. The highest BCUT2D eigenvalue weighted by Crippen LogP contribution is 2.40. The quantitative estimate of drug-likeness (QED) is 0.784. The van der Waals surface area contributed by atoms with E-state index in [-0.39, 0.29) is 24.4 Å². The summed E-state index contributed by atoms with van der Waals surface area (Å²) >= 11 is 0. The van der Waals surface area contributed by atoms with E-state index in [9.17, 15) is 9.90 Å². The fourth-order valence-corrected chi connectivity index (χ4v) is 3.25. The number of rotatable bonds is 2. The molecule has 1 fully saturated rings. The molecule has 1 saturated heterocycles. The average Bonchev–Trinajstić information content (AvgIpc) is 2.56. The first-order chi connectivity index (χ1) is 10.3. The second-order valence-electron chi connectivity index (χ2n) is 8.61. The lowest BCUT2D eigenvalue weighted by Gasteiger charge is -2.40. The molecule has 2 aliphatic rings. The number of carboxylic acid groups (broad SMARTS) is 1. The minimum absolute atomic E-state index is 0.129. The maximum Gasteiger partial charge on any atom is 0.490 e. The molecule has 1 aliphatic carbocycles. The van der Waals surface area contributed by atoms with Gasteiger partial charge in [-0.1, -0.05) is 6.08 Å². The van der Waals surface area contributed by atoms with Crippen LogP contribution in [0.15, 0.2) is 11.5 Å². The Morgan fingerprint density at radius 3 is 2.22 bits per heavy atom. The summed E-state index contributed by atoms with van der Waals surface area (Å²) in [5, 5.41) is 9.61. The second-order valence-corrected chi connectivity index (χ2v) is 8.61. The van der Waals surface area contributed by atoms with Gasteiger partial charge in [0.25, 0.3) is 0 Å². The first-order valence-electron chi connectivity index (χ1n) is 8.44. The van der Waals surface area contributed by atoms with Crippen molar-refractivity contribution >= 4 is 13.2 Å². The van der Waals surface area contributed by atoms with Gasteiger partial charge in [-0.25, -0.2) is 4.79 Å². The second kappa shape index (κ2) is 5.81. The smallest absolute Gasteiger partial charge is 0.465 e. The third kappa shape index (κ3) is 3.58. The van der Waals surface area contributed by atoms with Crippen molar-refractivity contribution < 1.29 is 19.2 Å². The van der Waals surface area contributed by atoms with Gasteiger partial charge in [0.15, 0.2) is 0 Å². The molecular formula is C17H30BNO4. The van der Waals surface area contributed by atoms with Crippen molar-refractivity contribution in [3.05, 3.63) is 11.5 Å². The van der Waals surface area contributed by atoms with E-state index in [1.54, 1.807) is 0 Å². The molecule has 1 N–H and O–H groups in total. The topological polar surface area (TPSA) is 59.0 Å². The van der Waals surface area contributed by atoms with Gasteiger partial charge in [0, 0.05) is 5.54 Å². The van der Waals surface area contributed by atoms with E-state index in [0.717, 1.165) is 24.7 Å². The van der Waals surface area contributed by atoms with E-state index in [0.29, 0.717) is 0 Å². The van der Waals surface area contributed by atoms with Crippen LogP contribution >= 0.6 is 0 Å². The largest absolute Gasteiger partial charge is 0.490 e. The fraction of sp³-hybridized carbons (Fsp3) is 0.824. The van der Waals surface area contributed by atoms with Crippen LogP contribution in [0.3, 0.4) is 0 Å². The van der Waals surface area contributed by atoms with Crippen LogP contribution in [-0.4, -0.2) is 46.0 Å². The standard InChI is InChI=1S/C17H30BNO4/c1-15(2,3)19(14(20)21)13-10-8-9-12(11-13)18-22-16(4,5)17(6,7)23-18/h11,13H,8-10H2,1-7H3,(H,20,21). The third-order valence-corrected chi connectivity index (χ3v) is 5.19. The molecule has 130 valence electrons. The van der Waals surface area contributed by atoms with E-state index in [2.05, 4.69) is 0 Å². The molecule has 2 rings (SSSR count). The lowest BCUT2D eigenvalue weighted by atomic mass is 9.71. The van der Waals surface area contributed by atoms with Crippen LogP contribution in [0.25, 0.3) is 0 Å². The van der Waals surface area contributed by atoms with Gasteiger partial charge in [-0.05, 0) is 73.2 Å².